The number of oxime groups is 1. The summed E-state index contributed by atoms with van der Waals surface area (Å²) < 4.78 is 0. The minimum Gasteiger partial charge on any atom is -0.399 e. The lowest BCUT2D eigenvalue weighted by molar-refractivity contribution is 0.212. The van der Waals surface area contributed by atoms with Crippen LogP contribution in [0.4, 0.5) is 0 Å². The van der Waals surface area contributed by atoms with Gasteiger partial charge < -0.3 is 4.84 Å². The standard InChI is InChI=1S/C9H19NO.ClH/c1-4-5-6-7-8-9(2)10-11-3;/h4-8H2,1-3H3;1H. The third-order valence-corrected chi connectivity index (χ3v) is 1.64. The van der Waals surface area contributed by atoms with Gasteiger partial charge >= 0.3 is 0 Å². The maximum absolute atomic E-state index is 4.65. The molecule has 0 aliphatic heterocycles. The van der Waals surface area contributed by atoms with E-state index in [1.807, 2.05) is 6.92 Å². The van der Waals surface area contributed by atoms with Crippen LogP contribution in [0.5, 0.6) is 0 Å². The maximum atomic E-state index is 4.65. The van der Waals surface area contributed by atoms with Crippen molar-refractivity contribution in [3.63, 3.8) is 0 Å². The first-order chi connectivity index (χ1) is 5.31. The fraction of sp³-hybridized carbons (Fsp3) is 0.889. The summed E-state index contributed by atoms with van der Waals surface area (Å²) in [4.78, 5) is 4.65. The largest absolute Gasteiger partial charge is 0.399 e. The van der Waals surface area contributed by atoms with Crippen LogP contribution >= 0.6 is 12.4 Å². The van der Waals surface area contributed by atoms with Gasteiger partial charge in [0.1, 0.15) is 7.11 Å². The van der Waals surface area contributed by atoms with Crippen LogP contribution in [0, 0.1) is 0 Å². The predicted molar refractivity (Wildman–Crippen MR) is 56.1 cm³/mol. The van der Waals surface area contributed by atoms with Crippen LogP contribution in [-0.2, 0) is 4.84 Å². The van der Waals surface area contributed by atoms with Crippen LogP contribution in [0.15, 0.2) is 5.16 Å². The van der Waals surface area contributed by atoms with Crippen molar-refractivity contribution in [2.75, 3.05) is 7.11 Å². The molecule has 0 aliphatic carbocycles. The average molecular weight is 194 g/mol. The normalized spacial score (nSPS) is 10.8. The first-order valence-corrected chi connectivity index (χ1v) is 4.38. The fourth-order valence-electron chi connectivity index (χ4n) is 1.01. The number of hydrogen-bond donors (Lipinski definition) is 0. The van der Waals surface area contributed by atoms with Crippen molar-refractivity contribution in [2.24, 2.45) is 5.16 Å². The molecule has 0 N–H and O–H groups in total. The van der Waals surface area contributed by atoms with E-state index < -0.39 is 0 Å². The van der Waals surface area contributed by atoms with Gasteiger partial charge in [0.2, 0.25) is 0 Å². The highest BCUT2D eigenvalue weighted by Crippen LogP contribution is 2.03. The molecule has 0 fully saturated rings. The van der Waals surface area contributed by atoms with Crippen LogP contribution in [0.2, 0.25) is 0 Å². The smallest absolute Gasteiger partial charge is 0.106 e. The second-order valence-corrected chi connectivity index (χ2v) is 2.82. The highest BCUT2D eigenvalue weighted by atomic mass is 35.5. The summed E-state index contributed by atoms with van der Waals surface area (Å²) in [7, 11) is 1.59. The highest BCUT2D eigenvalue weighted by Gasteiger charge is 1.91. The lowest BCUT2D eigenvalue weighted by atomic mass is 10.1. The minimum absolute atomic E-state index is 0. The fourth-order valence-corrected chi connectivity index (χ4v) is 1.01. The molecule has 0 aromatic carbocycles. The Hall–Kier alpha value is -0.240. The van der Waals surface area contributed by atoms with Gasteiger partial charge in [-0.3, -0.25) is 0 Å². The molecule has 0 radical (unpaired) electrons. The first kappa shape index (κ1) is 14.3. The molecule has 0 saturated heterocycles. The molecule has 74 valence electrons. The summed E-state index contributed by atoms with van der Waals surface area (Å²) in [6.07, 6.45) is 6.26. The molecule has 0 rings (SSSR count). The molecule has 0 aliphatic rings. The van der Waals surface area contributed by atoms with Crippen LogP contribution in [-0.4, -0.2) is 12.8 Å². The summed E-state index contributed by atoms with van der Waals surface area (Å²) in [5.41, 5.74) is 1.10. The van der Waals surface area contributed by atoms with E-state index in [0.717, 1.165) is 12.1 Å². The van der Waals surface area contributed by atoms with E-state index in [1.54, 1.807) is 7.11 Å². The molecule has 0 aromatic heterocycles. The van der Waals surface area contributed by atoms with E-state index in [4.69, 9.17) is 0 Å². The van der Waals surface area contributed by atoms with E-state index in [0.29, 0.717) is 0 Å². The Kier molecular flexibility index (Phi) is 12.8. The quantitative estimate of drug-likeness (QED) is 0.360. The molecule has 2 nitrogen and oxygen atoms in total. The monoisotopic (exact) mass is 193 g/mol. The Labute approximate surface area is 81.8 Å². The highest BCUT2D eigenvalue weighted by molar-refractivity contribution is 5.85. The lowest BCUT2D eigenvalue weighted by Gasteiger charge is -1.98. The van der Waals surface area contributed by atoms with E-state index in [2.05, 4.69) is 16.9 Å². The number of hydrogen-bond acceptors (Lipinski definition) is 2. The van der Waals surface area contributed by atoms with Crippen molar-refractivity contribution in [3.8, 4) is 0 Å². The van der Waals surface area contributed by atoms with Crippen LogP contribution in [0.3, 0.4) is 0 Å². The van der Waals surface area contributed by atoms with Gasteiger partial charge in [0.25, 0.3) is 0 Å². The molecule has 0 amide bonds. The lowest BCUT2D eigenvalue weighted by Crippen LogP contribution is -1.91. The van der Waals surface area contributed by atoms with Crippen molar-refractivity contribution in [1.29, 1.82) is 0 Å². The zero-order valence-corrected chi connectivity index (χ0v) is 9.12. The van der Waals surface area contributed by atoms with Crippen LogP contribution < -0.4 is 0 Å². The van der Waals surface area contributed by atoms with Crippen LogP contribution in [0.1, 0.15) is 46.0 Å². The van der Waals surface area contributed by atoms with Crippen molar-refractivity contribution >= 4 is 18.1 Å². The summed E-state index contributed by atoms with van der Waals surface area (Å²) in [5.74, 6) is 0. The summed E-state index contributed by atoms with van der Waals surface area (Å²) in [6, 6.07) is 0. The van der Waals surface area contributed by atoms with Gasteiger partial charge in [0.15, 0.2) is 0 Å². The minimum atomic E-state index is 0. The number of halogens is 1. The number of unbranched alkanes of at least 4 members (excludes halogenated alkanes) is 3. The van der Waals surface area contributed by atoms with Crippen LogP contribution in [0.25, 0.3) is 0 Å². The third-order valence-electron chi connectivity index (χ3n) is 1.64. The van der Waals surface area contributed by atoms with Gasteiger partial charge in [-0.1, -0.05) is 31.3 Å². The van der Waals surface area contributed by atoms with E-state index in [9.17, 15) is 0 Å². The van der Waals surface area contributed by atoms with Gasteiger partial charge in [-0.25, -0.2) is 0 Å². The Bertz CT molecular complexity index is 115. The van der Waals surface area contributed by atoms with Crippen molar-refractivity contribution in [2.45, 2.75) is 46.0 Å². The molecule has 0 heterocycles. The van der Waals surface area contributed by atoms with Crippen molar-refractivity contribution in [1.82, 2.24) is 0 Å². The molecule has 3 heteroatoms. The average Bonchev–Trinajstić information content (AvgIpc) is 1.99. The topological polar surface area (TPSA) is 21.6 Å². The Morgan fingerprint density at radius 3 is 2.42 bits per heavy atom. The molecule has 0 aromatic rings. The number of nitrogens with zero attached hydrogens (tertiary/aromatic N) is 1. The van der Waals surface area contributed by atoms with Crippen molar-refractivity contribution < 1.29 is 4.84 Å². The maximum Gasteiger partial charge on any atom is 0.106 e. The van der Waals surface area contributed by atoms with Gasteiger partial charge in [0, 0.05) is 0 Å². The predicted octanol–water partition coefficient (Wildman–Crippen LogP) is 3.40. The SMILES string of the molecule is CCCCCCC(C)=NOC.Cl. The third kappa shape index (κ3) is 9.76. The van der Waals surface area contributed by atoms with Gasteiger partial charge in [-0.15, -0.1) is 12.4 Å². The Morgan fingerprint density at radius 2 is 1.92 bits per heavy atom. The molecule has 12 heavy (non-hydrogen) atoms. The second kappa shape index (κ2) is 10.8. The van der Waals surface area contributed by atoms with E-state index in [-0.39, 0.29) is 12.4 Å². The van der Waals surface area contributed by atoms with Crippen molar-refractivity contribution in [3.05, 3.63) is 0 Å². The Morgan fingerprint density at radius 1 is 1.25 bits per heavy atom. The Balaban J connectivity index is 0. The summed E-state index contributed by atoms with van der Waals surface area (Å²) in [5, 5.41) is 3.84. The molecule has 0 saturated carbocycles. The van der Waals surface area contributed by atoms with Gasteiger partial charge in [-0.05, 0) is 19.8 Å². The van der Waals surface area contributed by atoms with Gasteiger partial charge in [0.05, 0.1) is 5.71 Å². The second-order valence-electron chi connectivity index (χ2n) is 2.82. The first-order valence-electron chi connectivity index (χ1n) is 4.38. The summed E-state index contributed by atoms with van der Waals surface area (Å²) >= 11 is 0. The molecule has 0 atom stereocenters. The van der Waals surface area contributed by atoms with E-state index >= 15 is 0 Å². The molecule has 0 bridgehead atoms. The zero-order valence-electron chi connectivity index (χ0n) is 8.30. The molecular weight excluding hydrogens is 174 g/mol. The molecule has 0 spiro atoms. The number of rotatable bonds is 6. The van der Waals surface area contributed by atoms with E-state index in [1.165, 1.54) is 25.7 Å². The molecule has 0 unspecified atom stereocenters. The van der Waals surface area contributed by atoms with Gasteiger partial charge in [-0.2, -0.15) is 0 Å². The zero-order chi connectivity index (χ0) is 8.53. The molecular formula is C9H20ClNO. The summed E-state index contributed by atoms with van der Waals surface area (Å²) in [6.45, 7) is 4.23.